The van der Waals surface area contributed by atoms with Crippen LogP contribution in [-0.2, 0) is 9.47 Å². The van der Waals surface area contributed by atoms with Gasteiger partial charge in [-0.2, -0.15) is 0 Å². The molecule has 0 aromatic carbocycles. The van der Waals surface area contributed by atoms with E-state index in [-0.39, 0.29) is 6.29 Å². The minimum Gasteiger partial charge on any atom is -0.350 e. The first-order valence-corrected chi connectivity index (χ1v) is 3.10. The van der Waals surface area contributed by atoms with Gasteiger partial charge in [-0.1, -0.05) is 0 Å². The minimum absolute atomic E-state index is 0.0859. The van der Waals surface area contributed by atoms with Gasteiger partial charge in [-0.15, -0.1) is 12.3 Å². The molecule has 0 radical (unpaired) electrons. The normalized spacial score (nSPS) is 23.2. The van der Waals surface area contributed by atoms with E-state index in [2.05, 4.69) is 5.92 Å². The molecule has 0 aromatic rings. The summed E-state index contributed by atoms with van der Waals surface area (Å²) in [6.07, 6.45) is 6.85. The lowest BCUT2D eigenvalue weighted by molar-refractivity contribution is 0.0495. The summed E-state index contributed by atoms with van der Waals surface area (Å²) in [5, 5.41) is 0. The van der Waals surface area contributed by atoms with Crippen molar-refractivity contribution in [3.63, 3.8) is 0 Å². The van der Waals surface area contributed by atoms with Crippen LogP contribution in [0.3, 0.4) is 0 Å². The molecule has 9 heavy (non-hydrogen) atoms. The molecule has 1 saturated heterocycles. The van der Waals surface area contributed by atoms with Crippen LogP contribution in [0.4, 0.5) is 0 Å². The molecule has 0 bridgehead atoms. The van der Waals surface area contributed by atoms with Gasteiger partial charge in [0.05, 0.1) is 6.61 Å². The van der Waals surface area contributed by atoms with Gasteiger partial charge in [-0.25, -0.2) is 0 Å². The maximum Gasteiger partial charge on any atom is 0.181 e. The molecular formula is C7H10O2. The van der Waals surface area contributed by atoms with E-state index in [9.17, 15) is 0 Å². The van der Waals surface area contributed by atoms with Gasteiger partial charge in [0.2, 0.25) is 0 Å². The summed E-state index contributed by atoms with van der Waals surface area (Å²) in [5.74, 6) is 2.54. The van der Waals surface area contributed by atoms with Crippen LogP contribution < -0.4 is 0 Å². The van der Waals surface area contributed by atoms with Gasteiger partial charge in [0.1, 0.15) is 6.61 Å². The van der Waals surface area contributed by atoms with Crippen LogP contribution >= 0.6 is 0 Å². The lowest BCUT2D eigenvalue weighted by Gasteiger charge is -1.94. The predicted molar refractivity (Wildman–Crippen MR) is 33.8 cm³/mol. The molecule has 0 amide bonds. The number of ether oxygens (including phenoxy) is 2. The van der Waals surface area contributed by atoms with E-state index in [4.69, 9.17) is 15.9 Å². The van der Waals surface area contributed by atoms with Crippen LogP contribution in [0.2, 0.25) is 0 Å². The third kappa shape index (κ3) is 3.12. The van der Waals surface area contributed by atoms with Gasteiger partial charge in [-0.3, -0.25) is 0 Å². The maximum atomic E-state index is 5.14. The number of hydrogen-bond acceptors (Lipinski definition) is 2. The van der Waals surface area contributed by atoms with E-state index in [1.165, 1.54) is 0 Å². The second-order valence-electron chi connectivity index (χ2n) is 1.94. The highest BCUT2D eigenvalue weighted by Crippen LogP contribution is 2.10. The quantitative estimate of drug-likeness (QED) is 0.315. The second kappa shape index (κ2) is 3.49. The molecule has 2 nitrogen and oxygen atoms in total. The molecule has 1 aliphatic rings. The van der Waals surface area contributed by atoms with Crippen molar-refractivity contribution in [2.24, 2.45) is 0 Å². The summed E-state index contributed by atoms with van der Waals surface area (Å²) >= 11 is 0. The van der Waals surface area contributed by atoms with Crippen molar-refractivity contribution < 1.29 is 9.47 Å². The van der Waals surface area contributed by atoms with Crippen molar-refractivity contribution in [2.75, 3.05) is 13.2 Å². The second-order valence-corrected chi connectivity index (χ2v) is 1.94. The minimum atomic E-state index is 0.0859. The molecule has 1 aliphatic heterocycles. The Hall–Kier alpha value is -0.520. The van der Waals surface area contributed by atoms with Crippen molar-refractivity contribution in [3.05, 3.63) is 0 Å². The Kier molecular flexibility index (Phi) is 2.56. The van der Waals surface area contributed by atoms with Crippen molar-refractivity contribution >= 4 is 0 Å². The van der Waals surface area contributed by atoms with Crippen LogP contribution in [0.1, 0.15) is 12.8 Å². The first-order chi connectivity index (χ1) is 4.43. The zero-order valence-corrected chi connectivity index (χ0v) is 5.30. The molecular weight excluding hydrogens is 116 g/mol. The van der Waals surface area contributed by atoms with Gasteiger partial charge >= 0.3 is 0 Å². The molecule has 0 N–H and O–H groups in total. The van der Waals surface area contributed by atoms with E-state index in [0.29, 0.717) is 0 Å². The van der Waals surface area contributed by atoms with Crippen molar-refractivity contribution in [1.29, 1.82) is 0 Å². The van der Waals surface area contributed by atoms with E-state index >= 15 is 0 Å². The van der Waals surface area contributed by atoms with E-state index in [0.717, 1.165) is 26.1 Å². The molecule has 0 saturated carbocycles. The Bertz CT molecular complexity index is 111. The zero-order valence-electron chi connectivity index (χ0n) is 5.30. The van der Waals surface area contributed by atoms with E-state index in [1.807, 2.05) is 0 Å². The Morgan fingerprint density at radius 1 is 1.78 bits per heavy atom. The Balaban J connectivity index is 1.77. The summed E-state index contributed by atoms with van der Waals surface area (Å²) < 4.78 is 9.95. The molecule has 50 valence electrons. The number of unbranched alkanes of at least 4 members (excludes halogenated alkanes) is 1. The molecule has 1 heterocycles. The first-order valence-electron chi connectivity index (χ1n) is 3.10. The van der Waals surface area contributed by atoms with Crippen molar-refractivity contribution in [3.8, 4) is 12.3 Å². The summed E-state index contributed by atoms with van der Waals surface area (Å²) in [7, 11) is 0. The molecule has 1 atom stereocenters. The topological polar surface area (TPSA) is 21.8 Å². The highest BCUT2D eigenvalue weighted by molar-refractivity contribution is 4.82. The van der Waals surface area contributed by atoms with Crippen LogP contribution in [0, 0.1) is 12.3 Å². The molecule has 0 aromatic heterocycles. The van der Waals surface area contributed by atoms with Gasteiger partial charge in [-0.05, 0) is 6.42 Å². The average molecular weight is 126 g/mol. The third-order valence-electron chi connectivity index (χ3n) is 1.07. The molecule has 1 rings (SSSR count). The molecule has 0 aliphatic carbocycles. The summed E-state index contributed by atoms with van der Waals surface area (Å²) in [6.45, 7) is 1.49. The average Bonchev–Trinajstić information content (AvgIpc) is 2.63. The lowest BCUT2D eigenvalue weighted by atomic mass is 10.3. The standard InChI is InChI=1S/C7H10O2/c1-2-3-4-5-8-7-6-9-7/h1,7H,3-6H2. The van der Waals surface area contributed by atoms with Crippen LogP contribution in [-0.4, -0.2) is 19.5 Å². The number of terminal acetylenes is 1. The van der Waals surface area contributed by atoms with Gasteiger partial charge in [0.25, 0.3) is 0 Å². The monoisotopic (exact) mass is 126 g/mol. The summed E-state index contributed by atoms with van der Waals surface area (Å²) in [5.41, 5.74) is 0. The maximum absolute atomic E-state index is 5.14. The highest BCUT2D eigenvalue weighted by Gasteiger charge is 2.22. The van der Waals surface area contributed by atoms with Gasteiger partial charge in [0, 0.05) is 6.42 Å². The van der Waals surface area contributed by atoms with Crippen molar-refractivity contribution in [1.82, 2.24) is 0 Å². The fourth-order valence-corrected chi connectivity index (χ4v) is 0.525. The van der Waals surface area contributed by atoms with E-state index in [1.54, 1.807) is 0 Å². The van der Waals surface area contributed by atoms with E-state index < -0.39 is 0 Å². The first kappa shape index (κ1) is 6.60. The Labute approximate surface area is 55.1 Å². The molecule has 0 spiro atoms. The Morgan fingerprint density at radius 2 is 2.56 bits per heavy atom. The summed E-state index contributed by atoms with van der Waals surface area (Å²) in [4.78, 5) is 0. The smallest absolute Gasteiger partial charge is 0.181 e. The summed E-state index contributed by atoms with van der Waals surface area (Å²) in [6, 6.07) is 0. The van der Waals surface area contributed by atoms with Crippen LogP contribution in [0.15, 0.2) is 0 Å². The Morgan fingerprint density at radius 3 is 3.11 bits per heavy atom. The molecule has 2 heteroatoms. The van der Waals surface area contributed by atoms with Crippen LogP contribution in [0.5, 0.6) is 0 Å². The van der Waals surface area contributed by atoms with Crippen molar-refractivity contribution in [2.45, 2.75) is 19.1 Å². The number of hydrogen-bond donors (Lipinski definition) is 0. The predicted octanol–water partition coefficient (Wildman–Crippen LogP) is 0.773. The zero-order chi connectivity index (χ0) is 6.53. The fraction of sp³-hybridized carbons (Fsp3) is 0.714. The lowest BCUT2D eigenvalue weighted by Crippen LogP contribution is -1.96. The largest absolute Gasteiger partial charge is 0.350 e. The fourth-order valence-electron chi connectivity index (χ4n) is 0.525. The SMILES string of the molecule is C#CCCCOC1CO1. The van der Waals surface area contributed by atoms with Crippen LogP contribution in [0.25, 0.3) is 0 Å². The van der Waals surface area contributed by atoms with Gasteiger partial charge < -0.3 is 9.47 Å². The van der Waals surface area contributed by atoms with Gasteiger partial charge in [0.15, 0.2) is 6.29 Å². The molecule has 1 fully saturated rings. The highest BCUT2D eigenvalue weighted by atomic mass is 16.8. The number of rotatable bonds is 4. The number of epoxide rings is 1. The third-order valence-corrected chi connectivity index (χ3v) is 1.07. The molecule has 1 unspecified atom stereocenters.